The molecule has 0 unspecified atom stereocenters. The maximum atomic E-state index is 6.76. The Bertz CT molecular complexity index is 4600. The van der Waals surface area contributed by atoms with E-state index >= 15 is 0 Å². The van der Waals surface area contributed by atoms with Crippen molar-refractivity contribution in [1.82, 2.24) is 8.80 Å². The highest BCUT2D eigenvalue weighted by atomic mass is 16.3. The molecule has 0 fully saturated rings. The van der Waals surface area contributed by atoms with Gasteiger partial charge in [-0.3, -0.25) is 0 Å². The standard InChI is InChI=1S/C70H60N2O2/c1-67(2,3)39-33-49-59-57-47-31-37(41-21-17-23-45-43-19-13-15-25-55(43)73-65(41)45)28-30-54(47)72-62-50(34-40(68(4,5)6)36-52(62)70(10,11)12)60(64(57)72)58-48-32-38(42-22-18-24-46-44-20-14-16-26-56(44)74-66(42)46)27-29-53(48)71(63(58)59)61(49)51(35-39)69(7,8)9/h13-36H,1-12H3. The predicted octanol–water partition coefficient (Wildman–Crippen LogP) is 20.3. The van der Waals surface area contributed by atoms with Crippen LogP contribution in [0.15, 0.2) is 154 Å². The van der Waals surface area contributed by atoms with Gasteiger partial charge in [0.1, 0.15) is 22.3 Å². The van der Waals surface area contributed by atoms with Gasteiger partial charge in [0, 0.05) is 75.8 Å². The van der Waals surface area contributed by atoms with Gasteiger partial charge in [-0.25, -0.2) is 0 Å². The summed E-state index contributed by atoms with van der Waals surface area (Å²) in [5.41, 5.74) is 20.8. The molecular formula is C70H60N2O2. The first-order valence-corrected chi connectivity index (χ1v) is 26.6. The van der Waals surface area contributed by atoms with Crippen LogP contribution in [-0.2, 0) is 21.7 Å². The molecule has 9 aromatic carbocycles. The molecular weight excluding hydrogens is 901 g/mol. The van der Waals surface area contributed by atoms with E-state index in [1.165, 1.54) is 98.4 Å². The molecule has 15 aromatic rings. The molecule has 0 atom stereocenters. The van der Waals surface area contributed by atoms with Gasteiger partial charge in [-0.15, -0.1) is 0 Å². The van der Waals surface area contributed by atoms with E-state index in [1.807, 2.05) is 0 Å². The van der Waals surface area contributed by atoms with E-state index in [-0.39, 0.29) is 21.7 Å². The maximum absolute atomic E-state index is 6.76. The van der Waals surface area contributed by atoms with Crippen LogP contribution in [0, 0.1) is 0 Å². The zero-order chi connectivity index (χ0) is 50.9. The number of para-hydroxylation sites is 4. The summed E-state index contributed by atoms with van der Waals surface area (Å²) in [4.78, 5) is 0. The lowest BCUT2D eigenvalue weighted by atomic mass is 9.78. The van der Waals surface area contributed by atoms with Gasteiger partial charge < -0.3 is 17.6 Å². The van der Waals surface area contributed by atoms with Crippen molar-refractivity contribution < 1.29 is 8.83 Å². The Kier molecular flexibility index (Phi) is 8.31. The van der Waals surface area contributed by atoms with Crippen LogP contribution < -0.4 is 0 Å². The van der Waals surface area contributed by atoms with Crippen molar-refractivity contribution in [3.63, 3.8) is 0 Å². The molecule has 0 radical (unpaired) electrons. The van der Waals surface area contributed by atoms with Crippen molar-refractivity contribution in [2.75, 3.05) is 0 Å². The van der Waals surface area contributed by atoms with Crippen molar-refractivity contribution in [3.05, 3.63) is 168 Å². The van der Waals surface area contributed by atoms with E-state index in [1.54, 1.807) is 0 Å². The summed E-state index contributed by atoms with van der Waals surface area (Å²) < 4.78 is 18.9. The van der Waals surface area contributed by atoms with E-state index in [9.17, 15) is 0 Å². The first-order chi connectivity index (χ1) is 35.3. The number of rotatable bonds is 2. The summed E-state index contributed by atoms with van der Waals surface area (Å²) in [6.45, 7) is 28.6. The normalized spacial score (nSPS) is 13.7. The summed E-state index contributed by atoms with van der Waals surface area (Å²) in [5.74, 6) is 0. The lowest BCUT2D eigenvalue weighted by Crippen LogP contribution is -2.17. The van der Waals surface area contributed by atoms with Crippen LogP contribution in [-0.4, -0.2) is 8.80 Å². The quantitative estimate of drug-likeness (QED) is 0.173. The molecule has 0 saturated heterocycles. The SMILES string of the molecule is CC(C)(C)c1cc(C(C)(C)C)c2c(c1)c1c3c4cc(-c5cccc6c5oc5ccccc56)ccc4n4c5c(C(C)(C)C)cc(C(C)(C)C)cc5c(c5c6cc(-c7cccc8c7oc7ccccc78)ccc6n2c51)c34. The Balaban J connectivity index is 1.20. The molecule has 6 heterocycles. The van der Waals surface area contributed by atoms with Gasteiger partial charge in [0.25, 0.3) is 0 Å². The molecule has 362 valence electrons. The van der Waals surface area contributed by atoms with Crippen LogP contribution in [0.2, 0.25) is 0 Å². The highest BCUT2D eigenvalue weighted by Gasteiger charge is 2.35. The first-order valence-electron chi connectivity index (χ1n) is 26.6. The van der Waals surface area contributed by atoms with Gasteiger partial charge in [-0.2, -0.15) is 0 Å². The van der Waals surface area contributed by atoms with Crippen molar-refractivity contribution >= 4 is 120 Å². The summed E-state index contributed by atoms with van der Waals surface area (Å²) in [6, 6.07) is 54.8. The van der Waals surface area contributed by atoms with Crippen molar-refractivity contribution in [2.24, 2.45) is 0 Å². The second kappa shape index (κ2) is 14.1. The summed E-state index contributed by atoms with van der Waals surface area (Å²) >= 11 is 0. The molecule has 15 rings (SSSR count). The van der Waals surface area contributed by atoms with Gasteiger partial charge in [0.05, 0.1) is 33.1 Å². The third kappa shape index (κ3) is 5.69. The third-order valence-electron chi connectivity index (χ3n) is 16.9. The van der Waals surface area contributed by atoms with Crippen molar-refractivity contribution in [3.8, 4) is 22.3 Å². The fraction of sp³-hybridized carbons (Fsp3) is 0.229. The fourth-order valence-electron chi connectivity index (χ4n) is 13.2. The Morgan fingerprint density at radius 2 is 0.689 bits per heavy atom. The molecule has 4 heteroatoms. The first kappa shape index (κ1) is 43.7. The van der Waals surface area contributed by atoms with Crippen LogP contribution in [0.4, 0.5) is 0 Å². The zero-order valence-corrected chi connectivity index (χ0v) is 44.6. The second-order valence-corrected chi connectivity index (χ2v) is 25.7. The molecule has 74 heavy (non-hydrogen) atoms. The molecule has 0 amide bonds. The molecule has 0 saturated carbocycles. The number of aromatic nitrogens is 2. The molecule has 0 N–H and O–H groups in total. The molecule has 4 nitrogen and oxygen atoms in total. The minimum atomic E-state index is -0.158. The number of hydrogen-bond acceptors (Lipinski definition) is 2. The van der Waals surface area contributed by atoms with Crippen molar-refractivity contribution in [1.29, 1.82) is 0 Å². The van der Waals surface area contributed by atoms with E-state index in [0.29, 0.717) is 0 Å². The van der Waals surface area contributed by atoms with E-state index in [0.717, 1.165) is 66.1 Å². The van der Waals surface area contributed by atoms with Crippen LogP contribution in [0.25, 0.3) is 142 Å². The molecule has 6 aromatic heterocycles. The smallest absolute Gasteiger partial charge is 0.143 e. The largest absolute Gasteiger partial charge is 0.455 e. The molecule has 0 spiro atoms. The third-order valence-corrected chi connectivity index (χ3v) is 16.9. The van der Waals surface area contributed by atoms with Crippen LogP contribution >= 0.6 is 0 Å². The van der Waals surface area contributed by atoms with E-state index in [4.69, 9.17) is 8.83 Å². The van der Waals surface area contributed by atoms with Crippen LogP contribution in [0.5, 0.6) is 0 Å². The number of nitrogens with zero attached hydrogens (tertiary/aromatic N) is 2. The molecule has 0 aliphatic heterocycles. The Morgan fingerprint density at radius 1 is 0.311 bits per heavy atom. The summed E-state index contributed by atoms with van der Waals surface area (Å²) in [6.07, 6.45) is 0. The average molecular weight is 961 g/mol. The van der Waals surface area contributed by atoms with Gasteiger partial charge in [0.2, 0.25) is 0 Å². The van der Waals surface area contributed by atoms with E-state index in [2.05, 4.69) is 237 Å². The van der Waals surface area contributed by atoms with Crippen LogP contribution in [0.1, 0.15) is 105 Å². The number of benzene rings is 9. The van der Waals surface area contributed by atoms with Gasteiger partial charge in [-0.05, 0) is 104 Å². The molecule has 0 bridgehead atoms. The lowest BCUT2D eigenvalue weighted by Gasteiger charge is -2.26. The highest BCUT2D eigenvalue weighted by molar-refractivity contribution is 6.45. The molecule has 0 aliphatic carbocycles. The van der Waals surface area contributed by atoms with Crippen molar-refractivity contribution in [2.45, 2.75) is 105 Å². The number of fused-ring (bicyclic) bond motifs is 20. The second-order valence-electron chi connectivity index (χ2n) is 25.7. The lowest BCUT2D eigenvalue weighted by molar-refractivity contribution is 0.571. The minimum absolute atomic E-state index is 0.0826. The monoisotopic (exact) mass is 960 g/mol. The minimum Gasteiger partial charge on any atom is -0.455 e. The Labute approximate surface area is 430 Å². The zero-order valence-electron chi connectivity index (χ0n) is 44.6. The molecule has 0 aliphatic rings. The fourth-order valence-corrected chi connectivity index (χ4v) is 13.2. The maximum Gasteiger partial charge on any atom is 0.143 e. The van der Waals surface area contributed by atoms with Crippen LogP contribution in [0.3, 0.4) is 0 Å². The Morgan fingerprint density at radius 3 is 1.08 bits per heavy atom. The highest BCUT2D eigenvalue weighted by Crippen LogP contribution is 2.56. The van der Waals surface area contributed by atoms with E-state index < -0.39 is 0 Å². The summed E-state index contributed by atoms with van der Waals surface area (Å²) in [7, 11) is 0. The number of furan rings is 2. The Hall–Kier alpha value is -7.82. The topological polar surface area (TPSA) is 35.1 Å². The average Bonchev–Trinajstić information content (AvgIpc) is 4.23. The van der Waals surface area contributed by atoms with Gasteiger partial charge in [0.15, 0.2) is 0 Å². The number of hydrogen-bond donors (Lipinski definition) is 0. The van der Waals surface area contributed by atoms with Gasteiger partial charge in [-0.1, -0.05) is 180 Å². The summed E-state index contributed by atoms with van der Waals surface area (Å²) in [5, 5.41) is 15.0. The predicted molar refractivity (Wildman–Crippen MR) is 316 cm³/mol. The van der Waals surface area contributed by atoms with Gasteiger partial charge >= 0.3 is 0 Å².